The summed E-state index contributed by atoms with van der Waals surface area (Å²) in [5.41, 5.74) is 0. The van der Waals surface area contributed by atoms with Crippen molar-refractivity contribution in [3.8, 4) is 0 Å². The summed E-state index contributed by atoms with van der Waals surface area (Å²) >= 11 is 1.44. The van der Waals surface area contributed by atoms with Crippen molar-refractivity contribution in [3.63, 3.8) is 0 Å². The van der Waals surface area contributed by atoms with Crippen LogP contribution in [0.15, 0.2) is 0 Å². The molecule has 0 aliphatic rings. The Morgan fingerprint density at radius 1 is 0.571 bits per heavy atom. The van der Waals surface area contributed by atoms with Gasteiger partial charge in [-0.15, -0.1) is 0 Å². The second-order valence-corrected chi connectivity index (χ2v) is 2.56. The van der Waals surface area contributed by atoms with Gasteiger partial charge in [-0.2, -0.15) is 0 Å². The van der Waals surface area contributed by atoms with Crippen LogP contribution in [0.4, 0.5) is 22.0 Å². The van der Waals surface area contributed by atoms with E-state index in [4.69, 9.17) is 0 Å². The molecule has 8 heteroatoms. The minimum absolute atomic E-state index is 0. The van der Waals surface area contributed by atoms with Crippen molar-refractivity contribution in [2.45, 2.75) is 0 Å². The van der Waals surface area contributed by atoms with Gasteiger partial charge in [0.15, 0.2) is 0 Å². The van der Waals surface area contributed by atoms with Crippen molar-refractivity contribution in [2.24, 2.45) is 0 Å². The van der Waals surface area contributed by atoms with Gasteiger partial charge in [0.2, 0.25) is 0 Å². The average molecular weight is 265 g/mol. The monoisotopic (exact) mass is 264 g/mol. The van der Waals surface area contributed by atoms with Crippen LogP contribution in [0.3, 0.4) is 0 Å². The normalized spacial score (nSPS) is 9.07. The van der Waals surface area contributed by atoms with Crippen LogP contribution in [0.1, 0.15) is 0 Å². The Morgan fingerprint density at radius 2 is 0.786 bits per heavy atom. The van der Waals surface area contributed by atoms with Gasteiger partial charge in [0.25, 0.3) is 0 Å². The Balaban J connectivity index is 0. The third kappa shape index (κ3) is 2.51. The summed E-state index contributed by atoms with van der Waals surface area (Å²) in [5, 5.41) is 0. The molecule has 14 heavy (non-hydrogen) atoms. The maximum atomic E-state index is 12.4. The molecule has 0 amide bonds. The molecule has 0 N–H and O–H groups in total. The fourth-order valence-electron chi connectivity index (χ4n) is 0.622. The molecule has 0 aliphatic carbocycles. The number of hydrogen-bond donors (Lipinski definition) is 0. The largest absolute Gasteiger partial charge is 1.00 e. The van der Waals surface area contributed by atoms with Gasteiger partial charge in [-0.25, -0.2) is 0 Å². The second-order valence-electron chi connectivity index (χ2n) is 1.98. The predicted octanol–water partition coefficient (Wildman–Crippen LogP) is -4.82. The summed E-state index contributed by atoms with van der Waals surface area (Å²) < 4.78 is 60.5. The molecular formula is C6AlCl2F5. The molecule has 1 aromatic rings. The van der Waals surface area contributed by atoms with Crippen LogP contribution in [0.5, 0.6) is 0 Å². The molecule has 1 rings (SSSR count). The van der Waals surface area contributed by atoms with E-state index in [0.29, 0.717) is 0 Å². The molecule has 0 atom stereocenters. The maximum absolute atomic E-state index is 12.4. The van der Waals surface area contributed by atoms with Crippen LogP contribution in [0.25, 0.3) is 0 Å². The smallest absolute Gasteiger partial charge is 1.00 e. The molecule has 0 heterocycles. The zero-order valence-corrected chi connectivity index (χ0v) is 8.89. The van der Waals surface area contributed by atoms with Crippen LogP contribution in [0, 0.1) is 29.1 Å². The first-order valence-corrected chi connectivity index (χ1v) is 3.31. The second kappa shape index (κ2) is 5.76. The van der Waals surface area contributed by atoms with Gasteiger partial charge in [0.05, 0.1) is 0 Å². The van der Waals surface area contributed by atoms with Crippen LogP contribution in [-0.2, 0) is 0 Å². The molecule has 0 spiro atoms. The molecule has 0 bridgehead atoms. The third-order valence-corrected chi connectivity index (χ3v) is 1.75. The van der Waals surface area contributed by atoms with Gasteiger partial charge in [0.1, 0.15) is 0 Å². The molecule has 76 valence electrons. The molecule has 0 nitrogen and oxygen atoms in total. The Hall–Kier alpha value is -0.0175. The van der Waals surface area contributed by atoms with Crippen molar-refractivity contribution < 1.29 is 46.8 Å². The predicted molar refractivity (Wildman–Crippen MR) is 31.6 cm³/mol. The van der Waals surface area contributed by atoms with E-state index in [1.165, 1.54) is 16.3 Å². The zero-order chi connectivity index (χ0) is 9.46. The number of rotatable bonds is 0. The van der Waals surface area contributed by atoms with Crippen molar-refractivity contribution in [2.75, 3.05) is 0 Å². The van der Waals surface area contributed by atoms with Crippen LogP contribution >= 0.6 is 0 Å². The SMILES string of the molecule is Fc1c(F)c(F)[c]([Al+2])c(F)c1F.[Cl-].[Cl-]. The van der Waals surface area contributed by atoms with Crippen LogP contribution in [-0.4, -0.2) is 16.3 Å². The number of benzene rings is 1. The van der Waals surface area contributed by atoms with E-state index in [9.17, 15) is 22.0 Å². The molecule has 0 radical (unpaired) electrons. The van der Waals surface area contributed by atoms with E-state index in [0.717, 1.165) is 0 Å². The molecule has 0 saturated carbocycles. The Labute approximate surface area is 96.7 Å². The third-order valence-electron chi connectivity index (χ3n) is 1.24. The van der Waals surface area contributed by atoms with E-state index < -0.39 is 33.5 Å². The molecule has 0 fully saturated rings. The molecule has 0 saturated heterocycles. The zero-order valence-electron chi connectivity index (χ0n) is 6.22. The first kappa shape index (κ1) is 16.4. The first-order chi connectivity index (χ1) is 5.46. The molecular weight excluding hydrogens is 265 g/mol. The summed E-state index contributed by atoms with van der Waals surface area (Å²) in [6.45, 7) is 0. The molecule has 0 unspecified atom stereocenters. The van der Waals surface area contributed by atoms with E-state index in [1.807, 2.05) is 0 Å². The minimum Gasteiger partial charge on any atom is -1.00 e. The topological polar surface area (TPSA) is 0 Å². The number of halogens is 7. The fourth-order valence-corrected chi connectivity index (χ4v) is 0.875. The molecule has 1 aromatic carbocycles. The standard InChI is InChI=1S/C6F5.Al.2ClH/c7-2-1-3(8)5(10)6(11)4(2)9;;;/h;;2*1H/q;+2;;/p-2. The van der Waals surface area contributed by atoms with Gasteiger partial charge in [0, 0.05) is 0 Å². The van der Waals surface area contributed by atoms with E-state index >= 15 is 0 Å². The summed E-state index contributed by atoms with van der Waals surface area (Å²) in [6, 6.07) is 0. The van der Waals surface area contributed by atoms with E-state index in [-0.39, 0.29) is 24.8 Å². The maximum Gasteiger partial charge on any atom is -1.00 e. The molecule has 0 aromatic heterocycles. The minimum atomic E-state index is -2.14. The van der Waals surface area contributed by atoms with Crippen LogP contribution < -0.4 is 29.2 Å². The summed E-state index contributed by atoms with van der Waals surface area (Å²) in [7, 11) is 0. The van der Waals surface area contributed by atoms with Crippen molar-refractivity contribution in [3.05, 3.63) is 29.1 Å². The summed E-state index contributed by atoms with van der Waals surface area (Å²) in [4.78, 5) is 0. The number of hydrogen-bond acceptors (Lipinski definition) is 0. The summed E-state index contributed by atoms with van der Waals surface area (Å²) in [6.07, 6.45) is 0. The average Bonchev–Trinajstić information content (AvgIpc) is 2.08. The van der Waals surface area contributed by atoms with Gasteiger partial charge >= 0.3 is 71.8 Å². The Morgan fingerprint density at radius 3 is 1.07 bits per heavy atom. The van der Waals surface area contributed by atoms with E-state index in [1.54, 1.807) is 0 Å². The van der Waals surface area contributed by atoms with Gasteiger partial charge < -0.3 is 24.8 Å². The van der Waals surface area contributed by atoms with Crippen molar-refractivity contribution in [1.82, 2.24) is 0 Å². The fraction of sp³-hybridized carbons (Fsp3) is 0. The quantitative estimate of drug-likeness (QED) is 0.191. The Kier molecular flexibility index (Phi) is 6.76. The van der Waals surface area contributed by atoms with Gasteiger partial charge in [-0.1, -0.05) is 0 Å². The van der Waals surface area contributed by atoms with Gasteiger partial charge in [-0.3, -0.25) is 0 Å². The Bertz CT molecular complexity index is 238. The van der Waals surface area contributed by atoms with Gasteiger partial charge in [-0.05, 0) is 0 Å². The van der Waals surface area contributed by atoms with Crippen LogP contribution in [0.2, 0.25) is 0 Å². The van der Waals surface area contributed by atoms with Crippen molar-refractivity contribution in [1.29, 1.82) is 0 Å². The van der Waals surface area contributed by atoms with Crippen molar-refractivity contribution >= 4 is 20.7 Å². The summed E-state index contributed by atoms with van der Waals surface area (Å²) in [5.74, 6) is -9.65. The first-order valence-electron chi connectivity index (χ1n) is 2.73. The van der Waals surface area contributed by atoms with E-state index in [2.05, 4.69) is 0 Å². The molecule has 0 aliphatic heterocycles.